The van der Waals surface area contributed by atoms with Gasteiger partial charge in [0.05, 0.1) is 0 Å². The third kappa shape index (κ3) is 3.57. The molecular formula is C11H23N. The third-order valence-corrected chi connectivity index (χ3v) is 2.66. The van der Waals surface area contributed by atoms with Crippen LogP contribution in [-0.4, -0.2) is 12.6 Å². The molecule has 2 unspecified atom stereocenters. The molecule has 0 aliphatic carbocycles. The Morgan fingerprint density at radius 2 is 1.92 bits per heavy atom. The second-order valence-corrected chi connectivity index (χ2v) is 5.52. The van der Waals surface area contributed by atoms with E-state index >= 15 is 0 Å². The van der Waals surface area contributed by atoms with Crippen LogP contribution in [0.25, 0.3) is 0 Å². The van der Waals surface area contributed by atoms with Crippen molar-refractivity contribution in [1.82, 2.24) is 5.32 Å². The van der Waals surface area contributed by atoms with Gasteiger partial charge in [0.25, 0.3) is 0 Å². The van der Waals surface area contributed by atoms with Crippen LogP contribution in [0.3, 0.4) is 0 Å². The van der Waals surface area contributed by atoms with Crippen LogP contribution in [0.5, 0.6) is 0 Å². The molecule has 0 radical (unpaired) electrons. The lowest BCUT2D eigenvalue weighted by molar-refractivity contribution is 0.231. The number of rotatable bonds is 1. The summed E-state index contributed by atoms with van der Waals surface area (Å²) in [7, 11) is 0. The van der Waals surface area contributed by atoms with E-state index in [1.54, 1.807) is 0 Å². The van der Waals surface area contributed by atoms with Crippen molar-refractivity contribution in [2.24, 2.45) is 11.3 Å². The van der Waals surface area contributed by atoms with Crippen LogP contribution < -0.4 is 5.32 Å². The van der Waals surface area contributed by atoms with E-state index in [0.29, 0.717) is 5.41 Å². The van der Waals surface area contributed by atoms with Gasteiger partial charge in [-0.05, 0) is 44.1 Å². The minimum atomic E-state index is 0.507. The van der Waals surface area contributed by atoms with E-state index in [4.69, 9.17) is 0 Å². The van der Waals surface area contributed by atoms with E-state index in [2.05, 4.69) is 33.0 Å². The van der Waals surface area contributed by atoms with Crippen LogP contribution in [0.2, 0.25) is 0 Å². The van der Waals surface area contributed by atoms with Crippen molar-refractivity contribution >= 4 is 0 Å². The summed E-state index contributed by atoms with van der Waals surface area (Å²) in [5.41, 5.74) is 0.507. The molecule has 0 bridgehead atoms. The molecule has 12 heavy (non-hydrogen) atoms. The fourth-order valence-corrected chi connectivity index (χ4v) is 2.10. The van der Waals surface area contributed by atoms with Crippen LogP contribution in [0.4, 0.5) is 0 Å². The highest BCUT2D eigenvalue weighted by molar-refractivity contribution is 4.78. The van der Waals surface area contributed by atoms with Crippen LogP contribution in [0.1, 0.15) is 47.0 Å². The van der Waals surface area contributed by atoms with Crippen molar-refractivity contribution < 1.29 is 0 Å². The van der Waals surface area contributed by atoms with E-state index in [0.717, 1.165) is 12.0 Å². The second-order valence-electron chi connectivity index (χ2n) is 5.52. The number of piperidine rings is 1. The van der Waals surface area contributed by atoms with Gasteiger partial charge in [-0.2, -0.15) is 0 Å². The molecule has 1 fully saturated rings. The molecular weight excluding hydrogens is 146 g/mol. The molecule has 0 spiro atoms. The van der Waals surface area contributed by atoms with E-state index < -0.39 is 0 Å². The quantitative estimate of drug-likeness (QED) is 0.636. The summed E-state index contributed by atoms with van der Waals surface area (Å²) < 4.78 is 0. The number of hydrogen-bond donors (Lipinski definition) is 1. The van der Waals surface area contributed by atoms with Crippen molar-refractivity contribution in [1.29, 1.82) is 0 Å². The van der Waals surface area contributed by atoms with Gasteiger partial charge in [-0.15, -0.1) is 0 Å². The Labute approximate surface area is 76.9 Å². The van der Waals surface area contributed by atoms with Crippen molar-refractivity contribution in [3.8, 4) is 0 Å². The Morgan fingerprint density at radius 3 is 2.33 bits per heavy atom. The first-order valence-electron chi connectivity index (χ1n) is 5.21. The Hall–Kier alpha value is -0.0400. The molecule has 72 valence electrons. The lowest BCUT2D eigenvalue weighted by Gasteiger charge is -2.32. The first-order chi connectivity index (χ1) is 5.47. The molecule has 1 aliphatic heterocycles. The van der Waals surface area contributed by atoms with Gasteiger partial charge < -0.3 is 5.32 Å². The summed E-state index contributed by atoms with van der Waals surface area (Å²) in [5, 5.41) is 3.55. The maximum absolute atomic E-state index is 3.55. The highest BCUT2D eigenvalue weighted by atomic mass is 14.9. The highest BCUT2D eigenvalue weighted by Gasteiger charge is 2.22. The van der Waals surface area contributed by atoms with E-state index in [1.165, 1.54) is 25.8 Å². The zero-order valence-electron chi connectivity index (χ0n) is 8.98. The van der Waals surface area contributed by atoms with Crippen molar-refractivity contribution in [2.75, 3.05) is 6.54 Å². The molecule has 0 aromatic carbocycles. The maximum atomic E-state index is 3.55. The van der Waals surface area contributed by atoms with Gasteiger partial charge >= 0.3 is 0 Å². The van der Waals surface area contributed by atoms with Crippen molar-refractivity contribution in [3.63, 3.8) is 0 Å². The first kappa shape index (κ1) is 10.0. The molecule has 1 heterocycles. The Kier molecular flexibility index (Phi) is 3.16. The van der Waals surface area contributed by atoms with Gasteiger partial charge in [0.2, 0.25) is 0 Å². The normalized spacial score (nSPS) is 32.0. The Morgan fingerprint density at radius 1 is 1.25 bits per heavy atom. The molecule has 0 saturated carbocycles. The average Bonchev–Trinajstić information content (AvgIpc) is 1.91. The van der Waals surface area contributed by atoms with Crippen LogP contribution in [0.15, 0.2) is 0 Å². The number of hydrogen-bond acceptors (Lipinski definition) is 1. The lowest BCUT2D eigenvalue weighted by atomic mass is 9.81. The van der Waals surface area contributed by atoms with Crippen LogP contribution >= 0.6 is 0 Å². The fraction of sp³-hybridized carbons (Fsp3) is 1.00. The SMILES string of the molecule is CC1CCC(CC(C)(C)C)CN1. The summed E-state index contributed by atoms with van der Waals surface area (Å²) >= 11 is 0. The minimum Gasteiger partial charge on any atom is -0.314 e. The molecule has 1 N–H and O–H groups in total. The predicted octanol–water partition coefficient (Wildman–Crippen LogP) is 2.81. The Balaban J connectivity index is 2.26. The van der Waals surface area contributed by atoms with Crippen molar-refractivity contribution in [2.45, 2.75) is 53.0 Å². The summed E-state index contributed by atoms with van der Waals surface area (Å²) in [4.78, 5) is 0. The molecule has 1 nitrogen and oxygen atoms in total. The van der Waals surface area contributed by atoms with E-state index in [1.807, 2.05) is 0 Å². The summed E-state index contributed by atoms with van der Waals surface area (Å²) in [6.07, 6.45) is 4.15. The monoisotopic (exact) mass is 169 g/mol. The van der Waals surface area contributed by atoms with Gasteiger partial charge in [-0.3, -0.25) is 0 Å². The Bertz CT molecular complexity index is 126. The van der Waals surface area contributed by atoms with Gasteiger partial charge in [0, 0.05) is 6.04 Å². The third-order valence-electron chi connectivity index (χ3n) is 2.66. The molecule has 1 rings (SSSR count). The molecule has 1 heteroatoms. The average molecular weight is 169 g/mol. The smallest absolute Gasteiger partial charge is 0.00389 e. The lowest BCUT2D eigenvalue weighted by Crippen LogP contribution is -2.38. The van der Waals surface area contributed by atoms with Gasteiger partial charge in [0.1, 0.15) is 0 Å². The van der Waals surface area contributed by atoms with E-state index in [9.17, 15) is 0 Å². The highest BCUT2D eigenvalue weighted by Crippen LogP contribution is 2.28. The molecule has 1 aliphatic rings. The minimum absolute atomic E-state index is 0.507. The zero-order chi connectivity index (χ0) is 9.19. The zero-order valence-corrected chi connectivity index (χ0v) is 8.98. The summed E-state index contributed by atoms with van der Waals surface area (Å²) in [5.74, 6) is 0.918. The summed E-state index contributed by atoms with van der Waals surface area (Å²) in [6.45, 7) is 10.5. The molecule has 0 aromatic rings. The van der Waals surface area contributed by atoms with Gasteiger partial charge in [-0.1, -0.05) is 20.8 Å². The topological polar surface area (TPSA) is 12.0 Å². The predicted molar refractivity (Wildman–Crippen MR) is 54.3 cm³/mol. The first-order valence-corrected chi connectivity index (χ1v) is 5.21. The van der Waals surface area contributed by atoms with Gasteiger partial charge in [-0.25, -0.2) is 0 Å². The molecule has 1 saturated heterocycles. The molecule has 2 atom stereocenters. The molecule has 0 amide bonds. The van der Waals surface area contributed by atoms with E-state index in [-0.39, 0.29) is 0 Å². The molecule has 0 aromatic heterocycles. The number of nitrogens with one attached hydrogen (secondary N) is 1. The summed E-state index contributed by atoms with van der Waals surface area (Å²) in [6, 6.07) is 0.751. The largest absolute Gasteiger partial charge is 0.314 e. The van der Waals surface area contributed by atoms with Crippen LogP contribution in [-0.2, 0) is 0 Å². The van der Waals surface area contributed by atoms with Gasteiger partial charge in [0.15, 0.2) is 0 Å². The maximum Gasteiger partial charge on any atom is 0.00389 e. The standard InChI is InChI=1S/C11H23N/c1-9-5-6-10(8-12-9)7-11(2,3)4/h9-10,12H,5-8H2,1-4H3. The second kappa shape index (κ2) is 3.78. The van der Waals surface area contributed by atoms with Crippen LogP contribution in [0, 0.1) is 11.3 Å². The fourth-order valence-electron chi connectivity index (χ4n) is 2.10. The van der Waals surface area contributed by atoms with Crippen molar-refractivity contribution in [3.05, 3.63) is 0 Å².